The van der Waals surface area contributed by atoms with E-state index < -0.39 is 21.8 Å². The molecule has 1 aromatic rings. The summed E-state index contributed by atoms with van der Waals surface area (Å²) in [4.78, 5) is 28.1. The van der Waals surface area contributed by atoms with Gasteiger partial charge in [-0.25, -0.2) is 8.42 Å². The molecule has 1 aromatic carbocycles. The van der Waals surface area contributed by atoms with E-state index >= 15 is 0 Å². The molecule has 0 radical (unpaired) electrons. The Morgan fingerprint density at radius 1 is 1.07 bits per heavy atom. The number of hydrogen-bond donors (Lipinski definition) is 0. The summed E-state index contributed by atoms with van der Waals surface area (Å²) >= 11 is 0. The van der Waals surface area contributed by atoms with E-state index in [4.69, 9.17) is 0 Å². The molecule has 0 spiro atoms. The monoisotopic (exact) mass is 405 g/mol. The summed E-state index contributed by atoms with van der Waals surface area (Å²) in [7, 11) is -3.57. The van der Waals surface area contributed by atoms with Gasteiger partial charge in [0.15, 0.2) is 0 Å². The fourth-order valence-corrected chi connectivity index (χ4v) is 5.67. The topological polar surface area (TPSA) is 78.0 Å². The highest BCUT2D eigenvalue weighted by atomic mass is 32.2. The van der Waals surface area contributed by atoms with E-state index in [1.54, 1.807) is 24.0 Å². The Morgan fingerprint density at radius 2 is 1.75 bits per heavy atom. The quantitative estimate of drug-likeness (QED) is 0.547. The van der Waals surface area contributed by atoms with Crippen molar-refractivity contribution in [1.82, 2.24) is 14.1 Å². The van der Waals surface area contributed by atoms with Crippen LogP contribution in [0.25, 0.3) is 0 Å². The third-order valence-electron chi connectivity index (χ3n) is 5.52. The van der Waals surface area contributed by atoms with E-state index in [1.807, 2.05) is 19.1 Å². The molecule has 152 valence electrons. The van der Waals surface area contributed by atoms with Gasteiger partial charge >= 0.3 is 11.8 Å². The van der Waals surface area contributed by atoms with Gasteiger partial charge in [-0.15, -0.1) is 6.58 Å². The van der Waals surface area contributed by atoms with Gasteiger partial charge in [-0.05, 0) is 43.9 Å². The van der Waals surface area contributed by atoms with Crippen LogP contribution in [0.3, 0.4) is 0 Å². The average Bonchev–Trinajstić information content (AvgIpc) is 2.68. The van der Waals surface area contributed by atoms with Crippen molar-refractivity contribution in [1.29, 1.82) is 0 Å². The summed E-state index contributed by atoms with van der Waals surface area (Å²) in [6.07, 6.45) is 2.67. The van der Waals surface area contributed by atoms with E-state index in [0.717, 1.165) is 11.1 Å². The van der Waals surface area contributed by atoms with Gasteiger partial charge in [0.05, 0.1) is 4.90 Å². The zero-order valence-electron chi connectivity index (χ0n) is 16.4. The second-order valence-corrected chi connectivity index (χ2v) is 9.35. The second-order valence-electron chi connectivity index (χ2n) is 7.44. The van der Waals surface area contributed by atoms with Crippen LogP contribution in [-0.4, -0.2) is 73.1 Å². The van der Waals surface area contributed by atoms with Crippen molar-refractivity contribution in [3.05, 3.63) is 42.0 Å². The molecule has 2 amide bonds. The summed E-state index contributed by atoms with van der Waals surface area (Å²) in [5, 5.41) is 0. The predicted octanol–water partition coefficient (Wildman–Crippen LogP) is 1.31. The van der Waals surface area contributed by atoms with Crippen molar-refractivity contribution in [3.63, 3.8) is 0 Å². The normalized spacial score (nSPS) is 19.9. The van der Waals surface area contributed by atoms with Crippen molar-refractivity contribution in [2.45, 2.75) is 37.6 Å². The van der Waals surface area contributed by atoms with Crippen LogP contribution >= 0.6 is 0 Å². The fraction of sp³-hybridized carbons (Fsp3) is 0.500. The maximum Gasteiger partial charge on any atom is 0.312 e. The highest BCUT2D eigenvalue weighted by molar-refractivity contribution is 7.89. The molecule has 2 saturated heterocycles. The van der Waals surface area contributed by atoms with Crippen molar-refractivity contribution < 1.29 is 18.0 Å². The van der Waals surface area contributed by atoms with Crippen LogP contribution in [0, 0.1) is 13.8 Å². The van der Waals surface area contributed by atoms with Gasteiger partial charge in [0.25, 0.3) is 0 Å². The van der Waals surface area contributed by atoms with Crippen molar-refractivity contribution in [2.24, 2.45) is 0 Å². The number of piperidine rings is 1. The first-order valence-electron chi connectivity index (χ1n) is 9.54. The Morgan fingerprint density at radius 3 is 2.39 bits per heavy atom. The molecule has 0 aromatic heterocycles. The lowest BCUT2D eigenvalue weighted by atomic mass is 10.0. The van der Waals surface area contributed by atoms with Gasteiger partial charge in [0, 0.05) is 38.8 Å². The standard InChI is InChI=1S/C20H27N3O4S/c1-4-9-21-12-13-23(20(25)19(21)24)17-7-10-22(11-8-17)28(26,27)18-14-15(2)5-6-16(18)3/h4-6,14,17H,1,7-13H2,2-3H3. The molecule has 28 heavy (non-hydrogen) atoms. The number of carbonyl (C=O) groups is 2. The highest BCUT2D eigenvalue weighted by Crippen LogP contribution is 2.26. The van der Waals surface area contributed by atoms with Gasteiger partial charge in [0.2, 0.25) is 10.0 Å². The smallest absolute Gasteiger partial charge is 0.312 e. The van der Waals surface area contributed by atoms with Crippen LogP contribution in [0.5, 0.6) is 0 Å². The number of piperazine rings is 1. The Labute approximate surface area is 166 Å². The SMILES string of the molecule is C=CCN1CCN(C2CCN(S(=O)(=O)c3cc(C)ccc3C)CC2)C(=O)C1=O. The molecule has 3 rings (SSSR count). The molecule has 2 fully saturated rings. The van der Waals surface area contributed by atoms with Gasteiger partial charge < -0.3 is 9.80 Å². The van der Waals surface area contributed by atoms with Crippen LogP contribution in [0.15, 0.2) is 35.7 Å². The number of aryl methyl sites for hydroxylation is 2. The molecule has 0 atom stereocenters. The van der Waals surface area contributed by atoms with E-state index in [2.05, 4.69) is 6.58 Å². The fourth-order valence-electron chi connectivity index (χ4n) is 3.89. The summed E-state index contributed by atoms with van der Waals surface area (Å²) in [6, 6.07) is 5.32. The zero-order valence-corrected chi connectivity index (χ0v) is 17.2. The van der Waals surface area contributed by atoms with Crippen LogP contribution in [0.1, 0.15) is 24.0 Å². The first-order valence-corrected chi connectivity index (χ1v) is 11.0. The largest absolute Gasteiger partial charge is 0.330 e. The summed E-state index contributed by atoms with van der Waals surface area (Å²) in [6.45, 7) is 9.29. The van der Waals surface area contributed by atoms with Gasteiger partial charge in [-0.3, -0.25) is 9.59 Å². The number of amides is 2. The van der Waals surface area contributed by atoms with Crippen LogP contribution in [0.4, 0.5) is 0 Å². The third-order valence-corrected chi connectivity index (χ3v) is 7.56. The maximum absolute atomic E-state index is 13.0. The van der Waals surface area contributed by atoms with Crippen LogP contribution in [-0.2, 0) is 19.6 Å². The van der Waals surface area contributed by atoms with E-state index in [9.17, 15) is 18.0 Å². The number of nitrogens with zero attached hydrogens (tertiary/aromatic N) is 3. The number of hydrogen-bond acceptors (Lipinski definition) is 4. The lowest BCUT2D eigenvalue weighted by molar-refractivity contribution is -0.157. The molecule has 0 N–H and O–H groups in total. The maximum atomic E-state index is 13.0. The minimum Gasteiger partial charge on any atom is -0.330 e. The number of carbonyl (C=O) groups excluding carboxylic acids is 2. The molecule has 2 heterocycles. The van der Waals surface area contributed by atoms with E-state index in [-0.39, 0.29) is 6.04 Å². The molecule has 0 bridgehead atoms. The Kier molecular flexibility index (Phi) is 5.90. The molecule has 0 saturated carbocycles. The Balaban J connectivity index is 1.68. The minimum absolute atomic E-state index is 0.104. The molecule has 0 unspecified atom stereocenters. The molecule has 0 aliphatic carbocycles. The predicted molar refractivity (Wildman–Crippen MR) is 106 cm³/mol. The third kappa shape index (κ3) is 3.84. The van der Waals surface area contributed by atoms with Crippen molar-refractivity contribution in [3.8, 4) is 0 Å². The van der Waals surface area contributed by atoms with Crippen molar-refractivity contribution >= 4 is 21.8 Å². The molecule has 8 heteroatoms. The minimum atomic E-state index is -3.57. The number of sulfonamides is 1. The molecule has 7 nitrogen and oxygen atoms in total. The van der Waals surface area contributed by atoms with Gasteiger partial charge in [-0.1, -0.05) is 18.2 Å². The molecule has 2 aliphatic rings. The molecule has 2 aliphatic heterocycles. The summed E-state index contributed by atoms with van der Waals surface area (Å²) < 4.78 is 27.6. The Bertz CT molecular complexity index is 889. The zero-order chi connectivity index (χ0) is 20.5. The average molecular weight is 406 g/mol. The first kappa shape index (κ1) is 20.5. The number of benzene rings is 1. The van der Waals surface area contributed by atoms with E-state index in [1.165, 1.54) is 9.21 Å². The lowest BCUT2D eigenvalue weighted by Crippen LogP contribution is -2.59. The lowest BCUT2D eigenvalue weighted by Gasteiger charge is -2.41. The Hall–Kier alpha value is -2.19. The van der Waals surface area contributed by atoms with E-state index in [0.29, 0.717) is 50.5 Å². The molecular formula is C20H27N3O4S. The highest BCUT2D eigenvalue weighted by Gasteiger charge is 2.39. The first-order chi connectivity index (χ1) is 13.3. The summed E-state index contributed by atoms with van der Waals surface area (Å²) in [5.74, 6) is -1.000. The molecular weight excluding hydrogens is 378 g/mol. The van der Waals surface area contributed by atoms with Gasteiger partial charge in [0.1, 0.15) is 0 Å². The second kappa shape index (κ2) is 8.05. The number of rotatable bonds is 5. The van der Waals surface area contributed by atoms with Crippen LogP contribution < -0.4 is 0 Å². The van der Waals surface area contributed by atoms with Crippen molar-refractivity contribution in [2.75, 3.05) is 32.7 Å². The summed E-state index contributed by atoms with van der Waals surface area (Å²) in [5.41, 5.74) is 1.63. The van der Waals surface area contributed by atoms with Crippen LogP contribution in [0.2, 0.25) is 0 Å². The van der Waals surface area contributed by atoms with Gasteiger partial charge in [-0.2, -0.15) is 4.31 Å².